The number of ether oxygens (including phenoxy) is 1. The van der Waals surface area contributed by atoms with E-state index in [1.807, 2.05) is 43.3 Å². The van der Waals surface area contributed by atoms with Gasteiger partial charge in [-0.3, -0.25) is 5.41 Å². The Morgan fingerprint density at radius 1 is 1.27 bits per heavy atom. The van der Waals surface area contributed by atoms with Crippen LogP contribution in [0, 0.1) is 12.3 Å². The van der Waals surface area contributed by atoms with Crippen LogP contribution in [0.2, 0.25) is 5.02 Å². The average molecular weight is 391 g/mol. The van der Waals surface area contributed by atoms with E-state index in [1.165, 1.54) is 0 Å². The number of hydrogen-bond acceptors (Lipinski definition) is 3. The maximum absolute atomic E-state index is 8.04. The van der Waals surface area contributed by atoms with E-state index in [9.17, 15) is 0 Å². The van der Waals surface area contributed by atoms with Crippen molar-refractivity contribution in [3.05, 3.63) is 64.2 Å². The molecular weight excluding hydrogens is 366 g/mol. The molecule has 0 fully saturated rings. The largest absolute Gasteiger partial charge is 0.414 e. The average Bonchev–Trinajstić information content (AvgIpc) is 2.63. The van der Waals surface area contributed by atoms with Gasteiger partial charge in [-0.2, -0.15) is 0 Å². The van der Waals surface area contributed by atoms with E-state index in [0.717, 1.165) is 36.2 Å². The standard InChI is InChI=1S/C20H24ClN3OS/c1-4-24(3)11-10-16-12-14(2)18(13-17(16)21)25-20(26)23-19(22)15-8-6-5-7-9-15/h5-9,12-13H,4,10-11H2,1-3H3,(H2,22,23,26)/p+1. The quantitative estimate of drug-likeness (QED) is 0.461. The van der Waals surface area contributed by atoms with Gasteiger partial charge in [-0.05, 0) is 38.1 Å². The monoisotopic (exact) mass is 390 g/mol. The summed E-state index contributed by atoms with van der Waals surface area (Å²) in [5.74, 6) is 0.746. The molecule has 26 heavy (non-hydrogen) atoms. The first-order valence-electron chi connectivity index (χ1n) is 8.50. The molecule has 2 aromatic rings. The molecule has 0 aromatic heterocycles. The summed E-state index contributed by atoms with van der Waals surface area (Å²) >= 11 is 9.76. The molecule has 0 saturated heterocycles. The number of halogens is 1. The van der Waals surface area contributed by atoms with Crippen molar-refractivity contribution < 1.29 is 4.74 Å². The van der Waals surface area contributed by atoms with Crippen molar-refractivity contribution in [2.75, 3.05) is 20.1 Å². The Morgan fingerprint density at radius 3 is 2.62 bits per heavy atom. The number of nitrogens with one attached hydrogen (secondary N) is 1. The first-order valence-corrected chi connectivity index (χ1v) is 9.38. The van der Waals surface area contributed by atoms with Gasteiger partial charge in [0.2, 0.25) is 0 Å². The van der Waals surface area contributed by atoms with Crippen LogP contribution < -0.4 is 4.74 Å². The van der Waals surface area contributed by atoms with Gasteiger partial charge in [0.1, 0.15) is 5.75 Å². The zero-order valence-electron chi connectivity index (χ0n) is 15.3. The maximum atomic E-state index is 8.04. The summed E-state index contributed by atoms with van der Waals surface area (Å²) in [4.78, 5) is 6.39. The molecular formula is C20H25ClN3OS+. The van der Waals surface area contributed by atoms with Crippen molar-refractivity contribution >= 4 is 35.3 Å². The highest BCUT2D eigenvalue weighted by molar-refractivity contribution is 7.77. The number of nitrogens with zero attached hydrogens (tertiary/aromatic N) is 2. The van der Waals surface area contributed by atoms with Gasteiger partial charge in [-0.1, -0.05) is 54.9 Å². The highest BCUT2D eigenvalue weighted by Gasteiger charge is 2.12. The van der Waals surface area contributed by atoms with Crippen molar-refractivity contribution in [1.29, 1.82) is 5.41 Å². The molecule has 2 aromatic carbocycles. The minimum Gasteiger partial charge on any atom is -0.402 e. The molecule has 1 N–H and O–H groups in total. The number of benzene rings is 2. The maximum Gasteiger partial charge on any atom is 0.414 e. The molecule has 0 heterocycles. The summed E-state index contributed by atoms with van der Waals surface area (Å²) in [6.07, 6.45) is 0.887. The molecule has 0 spiro atoms. The lowest BCUT2D eigenvalue weighted by atomic mass is 10.1. The molecule has 0 bridgehead atoms. The predicted molar refractivity (Wildman–Crippen MR) is 115 cm³/mol. The Morgan fingerprint density at radius 2 is 1.96 bits per heavy atom. The Labute approximate surface area is 165 Å². The van der Waals surface area contributed by atoms with Crippen LogP contribution in [0.3, 0.4) is 0 Å². The van der Waals surface area contributed by atoms with Crippen molar-refractivity contribution in [2.45, 2.75) is 20.3 Å². The number of amidine groups is 1. The van der Waals surface area contributed by atoms with Crippen molar-refractivity contribution in [1.82, 2.24) is 4.90 Å². The predicted octanol–water partition coefficient (Wildman–Crippen LogP) is 3.91. The Balaban J connectivity index is 2.10. The van der Waals surface area contributed by atoms with E-state index in [2.05, 4.69) is 36.5 Å². The fourth-order valence-electron chi connectivity index (χ4n) is 2.38. The first-order chi connectivity index (χ1) is 12.4. The lowest BCUT2D eigenvalue weighted by Gasteiger charge is -2.15. The fourth-order valence-corrected chi connectivity index (χ4v) is 2.85. The Kier molecular flexibility index (Phi) is 7.69. The van der Waals surface area contributed by atoms with Gasteiger partial charge >= 0.3 is 5.23 Å². The van der Waals surface area contributed by atoms with E-state index in [0.29, 0.717) is 10.8 Å². The summed E-state index contributed by atoms with van der Waals surface area (Å²) in [6, 6.07) is 13.1. The second-order valence-corrected chi connectivity index (χ2v) is 6.92. The van der Waals surface area contributed by atoms with Crippen LogP contribution in [0.5, 0.6) is 5.75 Å². The first kappa shape index (κ1) is 20.5. The number of aliphatic imine (C=N–C) groups is 1. The molecule has 0 saturated carbocycles. The molecule has 0 unspecified atom stereocenters. The van der Waals surface area contributed by atoms with Crippen LogP contribution in [-0.2, 0) is 19.0 Å². The van der Waals surface area contributed by atoms with E-state index < -0.39 is 0 Å². The van der Waals surface area contributed by atoms with Crippen molar-refractivity contribution in [3.8, 4) is 5.75 Å². The SMILES string of the molecule is CCN(C)CCc1cc(C)c(OC([SH2+])=NC(=N)c2ccccc2)cc1Cl. The molecule has 0 radical (unpaired) electrons. The minimum absolute atomic E-state index is 0.124. The smallest absolute Gasteiger partial charge is 0.402 e. The topological polar surface area (TPSA) is 48.7 Å². The van der Waals surface area contributed by atoms with Gasteiger partial charge in [0.25, 0.3) is 0 Å². The zero-order valence-corrected chi connectivity index (χ0v) is 17.1. The molecule has 6 heteroatoms. The second-order valence-electron chi connectivity index (χ2n) is 6.09. The third-order valence-corrected chi connectivity index (χ3v) is 4.68. The van der Waals surface area contributed by atoms with Crippen LogP contribution in [0.15, 0.2) is 47.5 Å². The molecule has 4 nitrogen and oxygen atoms in total. The summed E-state index contributed by atoms with van der Waals surface area (Å²) in [7, 11) is 2.09. The van der Waals surface area contributed by atoms with Gasteiger partial charge < -0.3 is 9.64 Å². The summed E-state index contributed by atoms with van der Waals surface area (Å²) < 4.78 is 5.75. The highest BCUT2D eigenvalue weighted by atomic mass is 35.5. The van der Waals surface area contributed by atoms with Crippen LogP contribution in [0.4, 0.5) is 0 Å². The third-order valence-electron chi connectivity index (χ3n) is 4.11. The van der Waals surface area contributed by atoms with E-state index in [4.69, 9.17) is 21.7 Å². The molecule has 0 amide bonds. The number of aryl methyl sites for hydroxylation is 1. The Bertz CT molecular complexity index is 793. The third kappa shape index (κ3) is 5.87. The Hall–Kier alpha value is -1.82. The van der Waals surface area contributed by atoms with Crippen LogP contribution in [0.1, 0.15) is 23.6 Å². The summed E-state index contributed by atoms with van der Waals surface area (Å²) in [5, 5.41) is 8.93. The molecule has 0 aliphatic heterocycles. The van der Waals surface area contributed by atoms with Crippen LogP contribution in [-0.4, -0.2) is 36.1 Å². The molecule has 0 atom stereocenters. The number of likely N-dealkylation sites (N-methyl/N-ethyl adjacent to an activating group) is 1. The summed E-state index contributed by atoms with van der Waals surface area (Å²) in [5.41, 5.74) is 2.79. The van der Waals surface area contributed by atoms with E-state index in [-0.39, 0.29) is 11.1 Å². The molecule has 0 aliphatic rings. The highest BCUT2D eigenvalue weighted by Crippen LogP contribution is 2.27. The van der Waals surface area contributed by atoms with Gasteiger partial charge in [0.05, 0.1) is 12.6 Å². The van der Waals surface area contributed by atoms with Crippen molar-refractivity contribution in [2.24, 2.45) is 4.99 Å². The van der Waals surface area contributed by atoms with Crippen LogP contribution in [0.25, 0.3) is 0 Å². The van der Waals surface area contributed by atoms with E-state index >= 15 is 0 Å². The molecule has 138 valence electrons. The number of hydrogen-bond donors (Lipinski definition) is 1. The number of rotatable bonds is 6. The minimum atomic E-state index is 0.124. The normalized spacial score (nSPS) is 11.7. The fraction of sp³-hybridized carbons (Fsp3) is 0.300. The molecule has 2 rings (SSSR count). The second kappa shape index (κ2) is 9.76. The van der Waals surface area contributed by atoms with Crippen molar-refractivity contribution in [3.63, 3.8) is 0 Å². The van der Waals surface area contributed by atoms with Gasteiger partial charge in [0, 0.05) is 23.2 Å². The summed E-state index contributed by atoms with van der Waals surface area (Å²) in [6.45, 7) is 6.07. The van der Waals surface area contributed by atoms with Gasteiger partial charge in [-0.15, -0.1) is 4.99 Å². The lowest BCUT2D eigenvalue weighted by Crippen LogP contribution is -2.20. The lowest BCUT2D eigenvalue weighted by molar-refractivity contribution is 0.357. The molecule has 0 aliphatic carbocycles. The zero-order chi connectivity index (χ0) is 19.1. The van der Waals surface area contributed by atoms with Gasteiger partial charge in [-0.25, -0.2) is 0 Å². The van der Waals surface area contributed by atoms with E-state index in [1.54, 1.807) is 6.07 Å². The van der Waals surface area contributed by atoms with Crippen LogP contribution >= 0.6 is 11.6 Å². The van der Waals surface area contributed by atoms with Gasteiger partial charge in [0.15, 0.2) is 5.84 Å².